The van der Waals surface area contributed by atoms with E-state index in [0.717, 1.165) is 5.69 Å². The molecule has 0 saturated carbocycles. The van der Waals surface area contributed by atoms with Gasteiger partial charge in [0.1, 0.15) is 5.75 Å². The Labute approximate surface area is 115 Å². The van der Waals surface area contributed by atoms with Gasteiger partial charge < -0.3 is 10.5 Å². The minimum atomic E-state index is 0.547. The number of nitrogen functional groups attached to an aromatic ring is 1. The average molecular weight is 267 g/mol. The molecule has 100 valence electrons. The number of hydrogen-bond acceptors (Lipinski definition) is 5. The lowest BCUT2D eigenvalue weighted by atomic mass is 10.1. The largest absolute Gasteiger partial charge is 0.496 e. The van der Waals surface area contributed by atoms with E-state index in [0.29, 0.717) is 22.8 Å². The van der Waals surface area contributed by atoms with Crippen LogP contribution in [0.5, 0.6) is 5.75 Å². The van der Waals surface area contributed by atoms with Gasteiger partial charge in [-0.15, -0.1) is 5.10 Å². The number of methoxy groups -OCH3 is 1. The van der Waals surface area contributed by atoms with Crippen molar-refractivity contribution in [3.63, 3.8) is 0 Å². The maximum atomic E-state index is 6.05. The van der Waals surface area contributed by atoms with Crippen molar-refractivity contribution in [3.8, 4) is 22.8 Å². The molecule has 3 aromatic rings. The predicted molar refractivity (Wildman–Crippen MR) is 75.6 cm³/mol. The van der Waals surface area contributed by atoms with Crippen LogP contribution in [0.2, 0.25) is 0 Å². The minimum absolute atomic E-state index is 0.547. The van der Waals surface area contributed by atoms with Crippen LogP contribution in [0.25, 0.3) is 17.1 Å². The molecule has 0 saturated heterocycles. The molecule has 0 radical (unpaired) electrons. The third-order valence-electron chi connectivity index (χ3n) is 2.97. The van der Waals surface area contributed by atoms with Crippen LogP contribution in [0, 0.1) is 0 Å². The first-order chi connectivity index (χ1) is 9.81. The number of nitrogens with two attached hydrogens (primary N) is 1. The second-order valence-corrected chi connectivity index (χ2v) is 4.17. The summed E-state index contributed by atoms with van der Waals surface area (Å²) in [5.41, 5.74) is 8.16. The van der Waals surface area contributed by atoms with Gasteiger partial charge in [0.15, 0.2) is 5.82 Å². The quantitative estimate of drug-likeness (QED) is 0.733. The highest BCUT2D eigenvalue weighted by molar-refractivity contribution is 5.78. The number of para-hydroxylation sites is 1. The fraction of sp³-hybridized carbons (Fsp3) is 0.0714. The zero-order valence-corrected chi connectivity index (χ0v) is 10.9. The van der Waals surface area contributed by atoms with Crippen LogP contribution in [0.15, 0.2) is 48.5 Å². The van der Waals surface area contributed by atoms with Gasteiger partial charge in [0.05, 0.1) is 18.4 Å². The number of ether oxygens (including phenoxy) is 1. The molecule has 0 spiro atoms. The smallest absolute Gasteiger partial charge is 0.192 e. The summed E-state index contributed by atoms with van der Waals surface area (Å²) in [5, 5.41) is 11.8. The summed E-state index contributed by atoms with van der Waals surface area (Å²) in [6.45, 7) is 0. The van der Waals surface area contributed by atoms with Gasteiger partial charge in [0.25, 0.3) is 0 Å². The molecule has 0 bridgehead atoms. The number of tetrazole rings is 1. The molecule has 0 aliphatic carbocycles. The van der Waals surface area contributed by atoms with E-state index in [-0.39, 0.29) is 0 Å². The number of nitrogens with zero attached hydrogens (tertiary/aromatic N) is 4. The van der Waals surface area contributed by atoms with E-state index in [1.165, 1.54) is 0 Å². The molecule has 20 heavy (non-hydrogen) atoms. The van der Waals surface area contributed by atoms with E-state index in [1.807, 2.05) is 42.5 Å². The van der Waals surface area contributed by atoms with Crippen molar-refractivity contribution in [1.29, 1.82) is 0 Å². The van der Waals surface area contributed by atoms with Gasteiger partial charge in [-0.2, -0.15) is 4.68 Å². The molecule has 6 nitrogen and oxygen atoms in total. The summed E-state index contributed by atoms with van der Waals surface area (Å²) in [4.78, 5) is 0. The highest BCUT2D eigenvalue weighted by Crippen LogP contribution is 2.34. The second-order valence-electron chi connectivity index (χ2n) is 4.17. The van der Waals surface area contributed by atoms with Gasteiger partial charge in [-0.25, -0.2) is 0 Å². The number of aromatic nitrogens is 4. The van der Waals surface area contributed by atoms with Crippen LogP contribution in [0.3, 0.4) is 0 Å². The maximum absolute atomic E-state index is 6.05. The first kappa shape index (κ1) is 12.2. The standard InChI is InChI=1S/C14H13N5O/c1-20-12-9-5-8-11(15)13(12)14-16-17-18-19(14)10-6-3-2-4-7-10/h2-9H,15H2,1H3. The van der Waals surface area contributed by atoms with Crippen molar-refractivity contribution in [2.24, 2.45) is 0 Å². The van der Waals surface area contributed by atoms with Gasteiger partial charge in [-0.1, -0.05) is 24.3 Å². The van der Waals surface area contributed by atoms with Crippen LogP contribution in [-0.4, -0.2) is 27.3 Å². The molecular formula is C14H13N5O. The number of rotatable bonds is 3. The lowest BCUT2D eigenvalue weighted by molar-refractivity contribution is 0.416. The molecule has 0 amide bonds. The van der Waals surface area contributed by atoms with Crippen LogP contribution in [0.4, 0.5) is 5.69 Å². The summed E-state index contributed by atoms with van der Waals surface area (Å²) in [5.74, 6) is 1.18. The minimum Gasteiger partial charge on any atom is -0.496 e. The Bertz CT molecular complexity index is 723. The van der Waals surface area contributed by atoms with Gasteiger partial charge in [0, 0.05) is 5.69 Å². The molecule has 0 aliphatic heterocycles. The second kappa shape index (κ2) is 5.00. The highest BCUT2D eigenvalue weighted by atomic mass is 16.5. The summed E-state index contributed by atoms with van der Waals surface area (Å²) in [6, 6.07) is 15.1. The molecule has 0 unspecified atom stereocenters. The molecule has 0 fully saturated rings. The van der Waals surface area contributed by atoms with Gasteiger partial charge >= 0.3 is 0 Å². The van der Waals surface area contributed by atoms with Crippen LogP contribution in [-0.2, 0) is 0 Å². The summed E-state index contributed by atoms with van der Waals surface area (Å²) < 4.78 is 6.99. The molecule has 2 N–H and O–H groups in total. The van der Waals surface area contributed by atoms with Crippen molar-refractivity contribution < 1.29 is 4.74 Å². The Kier molecular flexibility index (Phi) is 3.04. The van der Waals surface area contributed by atoms with Crippen LogP contribution < -0.4 is 10.5 Å². The Hall–Kier alpha value is -2.89. The summed E-state index contributed by atoms with van der Waals surface area (Å²) in [7, 11) is 1.59. The predicted octanol–water partition coefficient (Wildman–Crippen LogP) is 1.92. The van der Waals surface area contributed by atoms with Crippen molar-refractivity contribution in [2.45, 2.75) is 0 Å². The van der Waals surface area contributed by atoms with Gasteiger partial charge in [-0.3, -0.25) is 0 Å². The number of benzene rings is 2. The molecule has 1 heterocycles. The van der Waals surface area contributed by atoms with E-state index in [9.17, 15) is 0 Å². The SMILES string of the molecule is COc1cccc(N)c1-c1nnnn1-c1ccccc1. The monoisotopic (exact) mass is 267 g/mol. The molecule has 1 aromatic heterocycles. The van der Waals surface area contributed by atoms with Crippen molar-refractivity contribution >= 4 is 5.69 Å². The van der Waals surface area contributed by atoms with E-state index in [4.69, 9.17) is 10.5 Å². The van der Waals surface area contributed by atoms with E-state index in [1.54, 1.807) is 17.9 Å². The Balaban J connectivity index is 2.21. The Morgan fingerprint density at radius 2 is 1.85 bits per heavy atom. The molecule has 0 atom stereocenters. The number of anilines is 1. The fourth-order valence-corrected chi connectivity index (χ4v) is 2.04. The third-order valence-corrected chi connectivity index (χ3v) is 2.97. The maximum Gasteiger partial charge on any atom is 0.192 e. The van der Waals surface area contributed by atoms with Gasteiger partial charge in [-0.05, 0) is 34.7 Å². The molecule has 0 aliphatic rings. The van der Waals surface area contributed by atoms with Crippen molar-refractivity contribution in [3.05, 3.63) is 48.5 Å². The van der Waals surface area contributed by atoms with Crippen LogP contribution in [0.1, 0.15) is 0 Å². The fourth-order valence-electron chi connectivity index (χ4n) is 2.04. The first-order valence-corrected chi connectivity index (χ1v) is 6.08. The lowest BCUT2D eigenvalue weighted by Crippen LogP contribution is -2.03. The number of hydrogen-bond donors (Lipinski definition) is 1. The van der Waals surface area contributed by atoms with E-state index >= 15 is 0 Å². The topological polar surface area (TPSA) is 78.8 Å². The normalized spacial score (nSPS) is 10.4. The first-order valence-electron chi connectivity index (χ1n) is 6.08. The van der Waals surface area contributed by atoms with E-state index < -0.39 is 0 Å². The highest BCUT2D eigenvalue weighted by Gasteiger charge is 2.17. The van der Waals surface area contributed by atoms with Gasteiger partial charge in [0.2, 0.25) is 0 Å². The van der Waals surface area contributed by atoms with Crippen molar-refractivity contribution in [1.82, 2.24) is 20.2 Å². The third kappa shape index (κ3) is 1.97. The van der Waals surface area contributed by atoms with E-state index in [2.05, 4.69) is 15.5 Å². The Morgan fingerprint density at radius 3 is 2.60 bits per heavy atom. The summed E-state index contributed by atoms with van der Waals surface area (Å²) in [6.07, 6.45) is 0. The Morgan fingerprint density at radius 1 is 1.05 bits per heavy atom. The molecule has 6 heteroatoms. The lowest BCUT2D eigenvalue weighted by Gasteiger charge is -2.11. The van der Waals surface area contributed by atoms with Crippen LogP contribution >= 0.6 is 0 Å². The average Bonchev–Trinajstić information content (AvgIpc) is 2.96. The zero-order valence-electron chi connectivity index (χ0n) is 10.9. The molecule has 2 aromatic carbocycles. The van der Waals surface area contributed by atoms with Crippen molar-refractivity contribution in [2.75, 3.05) is 12.8 Å². The molecular weight excluding hydrogens is 254 g/mol. The summed E-state index contributed by atoms with van der Waals surface area (Å²) >= 11 is 0. The zero-order chi connectivity index (χ0) is 13.9. The molecule has 3 rings (SSSR count).